The molecule has 1 heterocycles. The average molecular weight is 477 g/mol. The molecule has 1 fully saturated rings. The number of carboxylic acid groups (broad SMARTS) is 1. The van der Waals surface area contributed by atoms with Crippen LogP contribution in [0.1, 0.15) is 12.5 Å². The number of halogens is 1. The van der Waals surface area contributed by atoms with Crippen molar-refractivity contribution >= 4 is 56.5 Å². The van der Waals surface area contributed by atoms with Crippen LogP contribution >= 0.6 is 27.7 Å². The number of thioether (sulfide) groups is 1. The Bertz CT molecular complexity index is 1010. The van der Waals surface area contributed by atoms with Gasteiger partial charge in [0, 0.05) is 4.47 Å². The molecule has 0 atom stereocenters. The Balaban J connectivity index is 1.82. The molecule has 150 valence electrons. The fourth-order valence-corrected chi connectivity index (χ4v) is 3.63. The van der Waals surface area contributed by atoms with Crippen molar-refractivity contribution in [3.05, 3.63) is 57.4 Å². The lowest BCUT2D eigenvalue weighted by molar-refractivity contribution is -0.139. The Morgan fingerprint density at radius 2 is 2.03 bits per heavy atom. The van der Waals surface area contributed by atoms with E-state index in [0.29, 0.717) is 28.2 Å². The molecular weight excluding hydrogens is 460 g/mol. The Kier molecular flexibility index (Phi) is 6.95. The zero-order chi connectivity index (χ0) is 20.8. The maximum Gasteiger partial charge on any atom is 0.341 e. The van der Waals surface area contributed by atoms with E-state index in [9.17, 15) is 9.59 Å². The van der Waals surface area contributed by atoms with E-state index in [1.807, 2.05) is 31.2 Å². The summed E-state index contributed by atoms with van der Waals surface area (Å²) in [6.07, 6.45) is 1.71. The number of aliphatic imine (C=N–C) groups is 1. The number of hydrogen-bond acceptors (Lipinski definition) is 6. The smallest absolute Gasteiger partial charge is 0.341 e. The van der Waals surface area contributed by atoms with Gasteiger partial charge in [-0.2, -0.15) is 0 Å². The third-order valence-electron chi connectivity index (χ3n) is 3.64. The largest absolute Gasteiger partial charge is 0.490 e. The molecule has 1 aliphatic rings. The first-order chi connectivity index (χ1) is 14.0. The fourth-order valence-electron chi connectivity index (χ4n) is 2.43. The quantitative estimate of drug-likeness (QED) is 0.581. The van der Waals surface area contributed by atoms with Crippen LogP contribution in [0.5, 0.6) is 11.5 Å². The normalized spacial score (nSPS) is 16.1. The van der Waals surface area contributed by atoms with Crippen molar-refractivity contribution < 1.29 is 24.2 Å². The average Bonchev–Trinajstić information content (AvgIpc) is 3.02. The molecule has 29 heavy (non-hydrogen) atoms. The summed E-state index contributed by atoms with van der Waals surface area (Å²) in [5.74, 6) is -0.579. The van der Waals surface area contributed by atoms with E-state index < -0.39 is 12.6 Å². The zero-order valence-electron chi connectivity index (χ0n) is 15.3. The molecule has 9 heteroatoms. The van der Waals surface area contributed by atoms with Crippen LogP contribution in [0.15, 0.2) is 56.8 Å². The number of aliphatic carboxylic acids is 1. The summed E-state index contributed by atoms with van der Waals surface area (Å²) in [6, 6.07) is 12.5. The third kappa shape index (κ3) is 5.61. The van der Waals surface area contributed by atoms with Gasteiger partial charge < -0.3 is 19.9 Å². The van der Waals surface area contributed by atoms with Crippen molar-refractivity contribution in [3.63, 3.8) is 0 Å². The number of benzene rings is 2. The minimum absolute atomic E-state index is 0.245. The highest BCUT2D eigenvalue weighted by Crippen LogP contribution is 2.33. The molecule has 0 aliphatic carbocycles. The van der Waals surface area contributed by atoms with Crippen molar-refractivity contribution in [2.45, 2.75) is 6.92 Å². The number of carboxylic acids is 1. The Hall–Kier alpha value is -2.78. The number of rotatable bonds is 7. The summed E-state index contributed by atoms with van der Waals surface area (Å²) in [5.41, 5.74) is 1.44. The Morgan fingerprint density at radius 1 is 1.24 bits per heavy atom. The Morgan fingerprint density at radius 3 is 2.76 bits per heavy atom. The molecule has 0 spiro atoms. The highest BCUT2D eigenvalue weighted by atomic mass is 79.9. The summed E-state index contributed by atoms with van der Waals surface area (Å²) in [5, 5.41) is 12.0. The zero-order valence-corrected chi connectivity index (χ0v) is 17.7. The molecule has 0 saturated carbocycles. The van der Waals surface area contributed by atoms with Crippen LogP contribution in [0.25, 0.3) is 6.08 Å². The lowest BCUT2D eigenvalue weighted by Crippen LogP contribution is -2.19. The molecule has 0 bridgehead atoms. The topological polar surface area (TPSA) is 97.2 Å². The van der Waals surface area contributed by atoms with Gasteiger partial charge in [0.25, 0.3) is 5.91 Å². The van der Waals surface area contributed by atoms with E-state index in [0.717, 1.165) is 15.7 Å². The molecule has 0 radical (unpaired) electrons. The van der Waals surface area contributed by atoms with Crippen LogP contribution in [-0.2, 0) is 9.59 Å². The van der Waals surface area contributed by atoms with Gasteiger partial charge >= 0.3 is 5.97 Å². The van der Waals surface area contributed by atoms with Gasteiger partial charge in [0.2, 0.25) is 0 Å². The number of carbonyl (C=O) groups is 2. The second-order valence-corrected chi connectivity index (χ2v) is 7.64. The third-order valence-corrected chi connectivity index (χ3v) is 5.22. The molecule has 2 N–H and O–H groups in total. The highest BCUT2D eigenvalue weighted by molar-refractivity contribution is 9.10. The molecule has 2 aromatic rings. The van der Waals surface area contributed by atoms with Crippen molar-refractivity contribution in [2.75, 3.05) is 13.2 Å². The molecule has 7 nitrogen and oxygen atoms in total. The molecule has 0 aromatic heterocycles. The SMILES string of the molecule is CCOc1cc(/C=C2/SC(=Nc3ccccc3Br)NC2=O)ccc1OCC(=O)O. The van der Waals surface area contributed by atoms with E-state index in [2.05, 4.69) is 26.2 Å². The van der Waals surface area contributed by atoms with E-state index in [1.165, 1.54) is 11.8 Å². The Labute approximate surface area is 179 Å². The van der Waals surface area contributed by atoms with Crippen molar-refractivity contribution in [1.82, 2.24) is 5.32 Å². The molecule has 1 amide bonds. The minimum Gasteiger partial charge on any atom is -0.490 e. The van der Waals surface area contributed by atoms with Gasteiger partial charge in [-0.15, -0.1) is 0 Å². The maximum absolute atomic E-state index is 12.3. The number of amides is 1. The standard InChI is InChI=1S/C20H17BrN2O5S/c1-2-27-16-9-12(7-8-15(16)28-11-18(24)25)10-17-19(26)23-20(29-17)22-14-6-4-3-5-13(14)21/h3-10H,2,11H2,1H3,(H,24,25)(H,22,23,26)/b17-10+. The van der Waals surface area contributed by atoms with E-state index in [4.69, 9.17) is 14.6 Å². The van der Waals surface area contributed by atoms with E-state index in [-0.39, 0.29) is 5.91 Å². The predicted molar refractivity (Wildman–Crippen MR) is 116 cm³/mol. The van der Waals surface area contributed by atoms with Gasteiger partial charge in [0.15, 0.2) is 23.3 Å². The monoisotopic (exact) mass is 476 g/mol. The summed E-state index contributed by atoms with van der Waals surface area (Å²) < 4.78 is 11.6. The second-order valence-electron chi connectivity index (χ2n) is 5.75. The number of hydrogen-bond donors (Lipinski definition) is 2. The molecule has 2 aromatic carbocycles. The molecule has 3 rings (SSSR count). The van der Waals surface area contributed by atoms with Gasteiger partial charge in [-0.1, -0.05) is 18.2 Å². The van der Waals surface area contributed by atoms with Gasteiger partial charge in [-0.3, -0.25) is 4.79 Å². The van der Waals surface area contributed by atoms with Crippen LogP contribution in [0.3, 0.4) is 0 Å². The van der Waals surface area contributed by atoms with Gasteiger partial charge in [0.05, 0.1) is 17.2 Å². The molecule has 1 saturated heterocycles. The van der Waals surface area contributed by atoms with Crippen LogP contribution < -0.4 is 14.8 Å². The fraction of sp³-hybridized carbons (Fsp3) is 0.150. The first kappa shape index (κ1) is 20.9. The number of nitrogens with zero attached hydrogens (tertiary/aromatic N) is 1. The number of ether oxygens (including phenoxy) is 2. The lowest BCUT2D eigenvalue weighted by atomic mass is 10.2. The molecule has 0 unspecified atom stereocenters. The van der Waals surface area contributed by atoms with Crippen LogP contribution in [-0.4, -0.2) is 35.4 Å². The number of para-hydroxylation sites is 1. The number of amidine groups is 1. The van der Waals surface area contributed by atoms with Gasteiger partial charge in [0.1, 0.15) is 0 Å². The van der Waals surface area contributed by atoms with Gasteiger partial charge in [-0.25, -0.2) is 9.79 Å². The first-order valence-corrected chi connectivity index (χ1v) is 10.2. The van der Waals surface area contributed by atoms with Crippen molar-refractivity contribution in [1.29, 1.82) is 0 Å². The van der Waals surface area contributed by atoms with Gasteiger partial charge in [-0.05, 0) is 70.5 Å². The van der Waals surface area contributed by atoms with Crippen LogP contribution in [0.2, 0.25) is 0 Å². The van der Waals surface area contributed by atoms with E-state index >= 15 is 0 Å². The van der Waals surface area contributed by atoms with Crippen molar-refractivity contribution in [2.24, 2.45) is 4.99 Å². The minimum atomic E-state index is -1.07. The first-order valence-electron chi connectivity index (χ1n) is 8.62. The maximum atomic E-state index is 12.3. The second kappa shape index (κ2) is 9.62. The predicted octanol–water partition coefficient (Wildman–Crippen LogP) is 4.20. The number of carbonyl (C=O) groups excluding carboxylic acids is 1. The van der Waals surface area contributed by atoms with Crippen molar-refractivity contribution in [3.8, 4) is 11.5 Å². The molecule has 1 aliphatic heterocycles. The lowest BCUT2D eigenvalue weighted by Gasteiger charge is -2.11. The van der Waals surface area contributed by atoms with E-state index in [1.54, 1.807) is 24.3 Å². The molecular formula is C20H17BrN2O5S. The number of nitrogens with one attached hydrogen (secondary N) is 1. The van der Waals surface area contributed by atoms with Crippen LogP contribution in [0.4, 0.5) is 5.69 Å². The highest BCUT2D eigenvalue weighted by Gasteiger charge is 2.24. The van der Waals surface area contributed by atoms with Crippen LogP contribution in [0, 0.1) is 0 Å². The summed E-state index contributed by atoms with van der Waals surface area (Å²) in [4.78, 5) is 28.0. The summed E-state index contributed by atoms with van der Waals surface area (Å²) in [6.45, 7) is 1.74. The summed E-state index contributed by atoms with van der Waals surface area (Å²) in [7, 11) is 0. The summed E-state index contributed by atoms with van der Waals surface area (Å²) >= 11 is 4.67.